The fourth-order valence-corrected chi connectivity index (χ4v) is 2.71. The maximum absolute atomic E-state index is 11.5. The van der Waals surface area contributed by atoms with Gasteiger partial charge in [0.15, 0.2) is 0 Å². The van der Waals surface area contributed by atoms with Crippen molar-refractivity contribution < 1.29 is 14.5 Å². The number of amides is 1. The number of alkyl carbamates (subject to hydrolysis) is 1. The highest BCUT2D eigenvalue weighted by molar-refractivity contribution is 6.33. The number of aromatic nitrogens is 1. The molecule has 1 amide bonds. The van der Waals surface area contributed by atoms with Crippen LogP contribution in [0.25, 0.3) is 10.9 Å². The van der Waals surface area contributed by atoms with Crippen LogP contribution in [-0.4, -0.2) is 34.7 Å². The molecule has 0 aliphatic heterocycles. The molecule has 0 radical (unpaired) electrons. The van der Waals surface area contributed by atoms with Gasteiger partial charge in [0.1, 0.15) is 11.3 Å². The Morgan fingerprint density at radius 2 is 2.04 bits per heavy atom. The van der Waals surface area contributed by atoms with Crippen molar-refractivity contribution in [1.29, 1.82) is 0 Å². The lowest BCUT2D eigenvalue weighted by molar-refractivity contribution is -0.384. The first-order valence-corrected chi connectivity index (χ1v) is 9.15. The normalized spacial score (nSPS) is 11.6. The van der Waals surface area contributed by atoms with E-state index in [2.05, 4.69) is 15.6 Å². The summed E-state index contributed by atoms with van der Waals surface area (Å²) in [6.45, 7) is 6.18. The number of nitrogens with one attached hydrogen (secondary N) is 2. The number of rotatable bonds is 7. The van der Waals surface area contributed by atoms with Crippen molar-refractivity contribution in [3.05, 3.63) is 51.7 Å². The standard InChI is InChI=1S/C19H23ClN4O4/c1-19(2,3)28-18(25)22-12-8-4-7-11-21-15-13-9-5-6-10-14(13)23-17(20)16(15)24(26)27/h4-7,9-10H,8,11-12H2,1-3H3,(H,21,23)(H,22,25)/b7-4+. The minimum atomic E-state index is -0.543. The van der Waals surface area contributed by atoms with Crippen LogP contribution < -0.4 is 10.6 Å². The molecule has 0 spiro atoms. The number of fused-ring (bicyclic) bond motifs is 1. The topological polar surface area (TPSA) is 106 Å². The van der Waals surface area contributed by atoms with Gasteiger partial charge in [-0.15, -0.1) is 0 Å². The summed E-state index contributed by atoms with van der Waals surface area (Å²) in [5, 5.41) is 17.6. The van der Waals surface area contributed by atoms with E-state index < -0.39 is 16.6 Å². The van der Waals surface area contributed by atoms with Gasteiger partial charge in [0.05, 0.1) is 10.4 Å². The molecular formula is C19H23ClN4O4. The number of benzene rings is 1. The Morgan fingerprint density at radius 1 is 1.32 bits per heavy atom. The average Bonchev–Trinajstić information content (AvgIpc) is 2.58. The van der Waals surface area contributed by atoms with Crippen LogP contribution in [-0.2, 0) is 4.74 Å². The van der Waals surface area contributed by atoms with E-state index in [-0.39, 0.29) is 10.8 Å². The second-order valence-electron chi connectivity index (χ2n) is 6.97. The van der Waals surface area contributed by atoms with Crippen LogP contribution in [0.4, 0.5) is 16.2 Å². The lowest BCUT2D eigenvalue weighted by atomic mass is 10.1. The zero-order valence-corrected chi connectivity index (χ0v) is 16.7. The molecule has 2 aromatic rings. The number of para-hydroxylation sites is 1. The van der Waals surface area contributed by atoms with Crippen LogP contribution in [0.1, 0.15) is 27.2 Å². The first kappa shape index (κ1) is 21.4. The van der Waals surface area contributed by atoms with E-state index in [1.54, 1.807) is 45.0 Å². The quantitative estimate of drug-likeness (QED) is 0.227. The van der Waals surface area contributed by atoms with E-state index in [4.69, 9.17) is 16.3 Å². The maximum Gasteiger partial charge on any atom is 0.407 e. The van der Waals surface area contributed by atoms with Gasteiger partial charge in [-0.05, 0) is 33.3 Å². The summed E-state index contributed by atoms with van der Waals surface area (Å²) < 4.78 is 5.14. The van der Waals surface area contributed by atoms with Crippen molar-refractivity contribution in [2.75, 3.05) is 18.4 Å². The van der Waals surface area contributed by atoms with E-state index in [1.165, 1.54) is 0 Å². The van der Waals surface area contributed by atoms with Gasteiger partial charge in [0.25, 0.3) is 0 Å². The number of hydrogen-bond donors (Lipinski definition) is 2. The number of hydrogen-bond acceptors (Lipinski definition) is 6. The van der Waals surface area contributed by atoms with Crippen molar-refractivity contribution in [2.24, 2.45) is 0 Å². The molecule has 2 rings (SSSR count). The lowest BCUT2D eigenvalue weighted by Gasteiger charge is -2.19. The predicted molar refractivity (Wildman–Crippen MR) is 110 cm³/mol. The van der Waals surface area contributed by atoms with Crippen molar-refractivity contribution in [1.82, 2.24) is 10.3 Å². The monoisotopic (exact) mass is 406 g/mol. The third-order valence-electron chi connectivity index (χ3n) is 3.55. The molecule has 1 heterocycles. The van der Waals surface area contributed by atoms with Gasteiger partial charge >= 0.3 is 11.8 Å². The van der Waals surface area contributed by atoms with Crippen LogP contribution in [0.2, 0.25) is 5.15 Å². The molecule has 28 heavy (non-hydrogen) atoms. The van der Waals surface area contributed by atoms with Gasteiger partial charge in [0.2, 0.25) is 5.15 Å². The van der Waals surface area contributed by atoms with E-state index in [9.17, 15) is 14.9 Å². The third kappa shape index (κ3) is 6.09. The van der Waals surface area contributed by atoms with Crippen LogP contribution in [0.3, 0.4) is 0 Å². The number of pyridine rings is 1. The summed E-state index contributed by atoms with van der Waals surface area (Å²) in [5.74, 6) is 0. The number of nitrogens with zero attached hydrogens (tertiary/aromatic N) is 2. The molecule has 2 N–H and O–H groups in total. The van der Waals surface area contributed by atoms with Crippen molar-refractivity contribution >= 4 is 40.0 Å². The first-order chi connectivity index (χ1) is 13.2. The minimum Gasteiger partial charge on any atom is -0.444 e. The van der Waals surface area contributed by atoms with Crippen molar-refractivity contribution in [2.45, 2.75) is 32.8 Å². The highest BCUT2D eigenvalue weighted by atomic mass is 35.5. The van der Waals surface area contributed by atoms with Gasteiger partial charge < -0.3 is 15.4 Å². The SMILES string of the molecule is CC(C)(C)OC(=O)NCC/C=C/CNc1c([N+](=O)[O-])c(Cl)nc2ccccc12. The Bertz CT molecular complexity index is 893. The van der Waals surface area contributed by atoms with Crippen LogP contribution in [0.5, 0.6) is 0 Å². The van der Waals surface area contributed by atoms with Gasteiger partial charge in [-0.2, -0.15) is 0 Å². The molecule has 0 aliphatic rings. The number of halogens is 1. The van der Waals surface area contributed by atoms with Gasteiger partial charge in [-0.25, -0.2) is 9.78 Å². The van der Waals surface area contributed by atoms with E-state index in [1.807, 2.05) is 12.2 Å². The van der Waals surface area contributed by atoms with E-state index >= 15 is 0 Å². The smallest absolute Gasteiger partial charge is 0.407 e. The highest BCUT2D eigenvalue weighted by Crippen LogP contribution is 2.37. The number of carbonyl (C=O) groups excluding carboxylic acids is 1. The molecule has 0 unspecified atom stereocenters. The van der Waals surface area contributed by atoms with Crippen molar-refractivity contribution in [3.8, 4) is 0 Å². The van der Waals surface area contributed by atoms with E-state index in [0.29, 0.717) is 36.1 Å². The number of ether oxygens (including phenoxy) is 1. The molecule has 0 fully saturated rings. The highest BCUT2D eigenvalue weighted by Gasteiger charge is 2.23. The van der Waals surface area contributed by atoms with Gasteiger partial charge in [0, 0.05) is 18.5 Å². The summed E-state index contributed by atoms with van der Waals surface area (Å²) in [7, 11) is 0. The Labute approximate surface area is 168 Å². The van der Waals surface area contributed by atoms with E-state index in [0.717, 1.165) is 0 Å². The molecule has 0 bridgehead atoms. The molecule has 8 nitrogen and oxygen atoms in total. The molecule has 1 aromatic carbocycles. The number of nitro groups is 1. The summed E-state index contributed by atoms with van der Waals surface area (Å²) in [5.41, 5.74) is 0.122. The molecule has 1 aromatic heterocycles. The summed E-state index contributed by atoms with van der Waals surface area (Å²) in [6, 6.07) is 7.07. The third-order valence-corrected chi connectivity index (χ3v) is 3.81. The molecule has 150 valence electrons. The zero-order valence-electron chi connectivity index (χ0n) is 16.0. The average molecular weight is 407 g/mol. The molecule has 0 aliphatic carbocycles. The van der Waals surface area contributed by atoms with Crippen molar-refractivity contribution in [3.63, 3.8) is 0 Å². The predicted octanol–water partition coefficient (Wildman–Crippen LogP) is 4.68. The summed E-state index contributed by atoms with van der Waals surface area (Å²) in [6.07, 6.45) is 3.82. The molecule has 0 atom stereocenters. The summed E-state index contributed by atoms with van der Waals surface area (Å²) >= 11 is 6.00. The molecular weight excluding hydrogens is 384 g/mol. The van der Waals surface area contributed by atoms with Crippen LogP contribution in [0.15, 0.2) is 36.4 Å². The lowest BCUT2D eigenvalue weighted by Crippen LogP contribution is -2.32. The zero-order chi connectivity index (χ0) is 20.7. The fraction of sp³-hybridized carbons (Fsp3) is 0.368. The Balaban J connectivity index is 1.95. The second kappa shape index (κ2) is 9.36. The minimum absolute atomic E-state index is 0.156. The molecule has 0 saturated carbocycles. The first-order valence-electron chi connectivity index (χ1n) is 8.77. The van der Waals surface area contributed by atoms with Crippen LogP contribution in [0, 0.1) is 10.1 Å². The summed E-state index contributed by atoms with van der Waals surface area (Å²) in [4.78, 5) is 26.5. The second-order valence-corrected chi connectivity index (χ2v) is 7.33. The Kier molecular flexibility index (Phi) is 7.17. The number of anilines is 1. The number of carbonyl (C=O) groups is 1. The molecule has 0 saturated heterocycles. The van der Waals surface area contributed by atoms with Crippen LogP contribution >= 0.6 is 11.6 Å². The Morgan fingerprint density at radius 3 is 2.71 bits per heavy atom. The Hall–Kier alpha value is -2.87. The van der Waals surface area contributed by atoms with Gasteiger partial charge in [-0.3, -0.25) is 10.1 Å². The van der Waals surface area contributed by atoms with Gasteiger partial charge in [-0.1, -0.05) is 42.0 Å². The fourth-order valence-electron chi connectivity index (χ4n) is 2.45. The molecule has 9 heteroatoms. The maximum atomic E-state index is 11.5. The largest absolute Gasteiger partial charge is 0.444 e.